The van der Waals surface area contributed by atoms with E-state index in [0.29, 0.717) is 13.1 Å². The second-order valence-corrected chi connectivity index (χ2v) is 4.92. The van der Waals surface area contributed by atoms with E-state index >= 15 is 0 Å². The Morgan fingerprint density at radius 2 is 2.06 bits per heavy atom. The fourth-order valence-electron chi connectivity index (χ4n) is 1.21. The number of carbonyl (C=O) groups excluding carboxylic acids is 1. The third kappa shape index (κ3) is 5.04. The Balaban J connectivity index is 4.38. The molecule has 0 fully saturated rings. The first-order valence-corrected chi connectivity index (χ1v) is 5.90. The molecule has 0 heterocycles. The Morgan fingerprint density at radius 1 is 1.50 bits per heavy atom. The number of carboxylic acid groups (broad SMARTS) is 1. The van der Waals surface area contributed by atoms with Crippen molar-refractivity contribution in [3.05, 3.63) is 0 Å². The molecule has 102 valence electrons. The highest BCUT2D eigenvalue weighted by molar-refractivity contribution is 5.77. The molecule has 1 atom stereocenters. The zero-order valence-electron chi connectivity index (χ0n) is 11.4. The lowest BCUT2D eigenvalue weighted by Crippen LogP contribution is -2.46. The van der Waals surface area contributed by atoms with E-state index in [1.807, 2.05) is 6.92 Å². The van der Waals surface area contributed by atoms with Crippen LogP contribution >= 0.6 is 0 Å². The lowest BCUT2D eigenvalue weighted by Gasteiger charge is -2.25. The number of nitriles is 1. The van der Waals surface area contributed by atoms with Crippen LogP contribution in [0.15, 0.2) is 0 Å². The summed E-state index contributed by atoms with van der Waals surface area (Å²) >= 11 is 0. The third-order valence-electron chi connectivity index (χ3n) is 2.64. The van der Waals surface area contributed by atoms with Crippen molar-refractivity contribution >= 4 is 12.0 Å². The van der Waals surface area contributed by atoms with Crippen molar-refractivity contribution in [3.63, 3.8) is 0 Å². The molecule has 0 spiro atoms. The first-order valence-electron chi connectivity index (χ1n) is 5.90. The number of nitrogens with zero attached hydrogens (tertiary/aromatic N) is 2. The molecule has 0 rings (SSSR count). The monoisotopic (exact) mass is 255 g/mol. The highest BCUT2D eigenvalue weighted by Crippen LogP contribution is 2.13. The van der Waals surface area contributed by atoms with Crippen LogP contribution in [0.1, 0.15) is 27.7 Å². The predicted molar refractivity (Wildman–Crippen MR) is 66.8 cm³/mol. The largest absolute Gasteiger partial charge is 0.481 e. The van der Waals surface area contributed by atoms with Gasteiger partial charge in [-0.05, 0) is 27.7 Å². The van der Waals surface area contributed by atoms with Gasteiger partial charge in [0.2, 0.25) is 0 Å². The summed E-state index contributed by atoms with van der Waals surface area (Å²) in [6.07, 6.45) is 0. The molecule has 0 aromatic heterocycles. The molecule has 0 aromatic rings. The summed E-state index contributed by atoms with van der Waals surface area (Å²) < 4.78 is 0. The number of nitrogens with one attached hydrogen (secondary N) is 1. The fourth-order valence-corrected chi connectivity index (χ4v) is 1.21. The zero-order chi connectivity index (χ0) is 14.3. The Labute approximate surface area is 108 Å². The molecule has 1 unspecified atom stereocenters. The van der Waals surface area contributed by atoms with Crippen molar-refractivity contribution in [1.29, 1.82) is 5.26 Å². The Kier molecular flexibility index (Phi) is 6.17. The topological polar surface area (TPSA) is 93.4 Å². The van der Waals surface area contributed by atoms with E-state index in [-0.39, 0.29) is 18.5 Å². The number of carbonyl (C=O) groups is 2. The molecule has 0 saturated carbocycles. The van der Waals surface area contributed by atoms with Gasteiger partial charge in [-0.1, -0.05) is 0 Å². The number of hydrogen-bond acceptors (Lipinski definition) is 3. The zero-order valence-corrected chi connectivity index (χ0v) is 11.4. The van der Waals surface area contributed by atoms with Gasteiger partial charge in [0.05, 0.1) is 17.4 Å². The first kappa shape index (κ1) is 16.2. The maximum Gasteiger partial charge on any atom is 0.317 e. The average molecular weight is 255 g/mol. The van der Waals surface area contributed by atoms with Crippen LogP contribution in [0.3, 0.4) is 0 Å². The van der Waals surface area contributed by atoms with Crippen LogP contribution < -0.4 is 5.32 Å². The molecular formula is C12H21N3O3. The number of rotatable bonds is 6. The van der Waals surface area contributed by atoms with Gasteiger partial charge in [-0.25, -0.2) is 4.79 Å². The maximum absolute atomic E-state index is 11.8. The highest BCUT2D eigenvalue weighted by atomic mass is 16.4. The van der Waals surface area contributed by atoms with Crippen molar-refractivity contribution in [3.8, 4) is 6.07 Å². The van der Waals surface area contributed by atoms with Crippen LogP contribution in [-0.2, 0) is 4.79 Å². The Morgan fingerprint density at radius 3 is 2.44 bits per heavy atom. The first-order chi connectivity index (χ1) is 8.24. The molecule has 0 aliphatic heterocycles. The van der Waals surface area contributed by atoms with Crippen LogP contribution in [0.5, 0.6) is 0 Å². The van der Waals surface area contributed by atoms with E-state index in [1.165, 1.54) is 4.90 Å². The second-order valence-electron chi connectivity index (χ2n) is 4.92. The molecule has 2 amide bonds. The van der Waals surface area contributed by atoms with Crippen molar-refractivity contribution < 1.29 is 14.7 Å². The molecule has 0 aliphatic rings. The molecule has 2 N–H and O–H groups in total. The van der Waals surface area contributed by atoms with Gasteiger partial charge in [0.15, 0.2) is 0 Å². The van der Waals surface area contributed by atoms with Crippen LogP contribution in [0.4, 0.5) is 4.79 Å². The van der Waals surface area contributed by atoms with Gasteiger partial charge < -0.3 is 15.3 Å². The SMILES string of the molecule is CCN(CC(C)C#N)C(=O)NCC(C)(C)C(=O)O. The quantitative estimate of drug-likeness (QED) is 0.747. The summed E-state index contributed by atoms with van der Waals surface area (Å²) in [7, 11) is 0. The molecule has 6 heteroatoms. The van der Waals surface area contributed by atoms with Crippen molar-refractivity contribution in [2.45, 2.75) is 27.7 Å². The summed E-state index contributed by atoms with van der Waals surface area (Å²) in [6, 6.07) is 1.72. The van der Waals surface area contributed by atoms with E-state index in [9.17, 15) is 9.59 Å². The van der Waals surface area contributed by atoms with Crippen molar-refractivity contribution in [1.82, 2.24) is 10.2 Å². The molecule has 0 aromatic carbocycles. The van der Waals surface area contributed by atoms with Crippen molar-refractivity contribution in [2.75, 3.05) is 19.6 Å². The van der Waals surface area contributed by atoms with Gasteiger partial charge in [-0.15, -0.1) is 0 Å². The number of hydrogen-bond donors (Lipinski definition) is 2. The Bertz CT molecular complexity index is 347. The summed E-state index contributed by atoms with van der Waals surface area (Å²) in [6.45, 7) is 7.51. The molecular weight excluding hydrogens is 234 g/mol. The molecule has 0 radical (unpaired) electrons. The second kappa shape index (κ2) is 6.84. The Hall–Kier alpha value is -1.77. The van der Waals surface area contributed by atoms with Gasteiger partial charge >= 0.3 is 12.0 Å². The van der Waals surface area contributed by atoms with Gasteiger partial charge in [-0.3, -0.25) is 4.79 Å². The minimum Gasteiger partial charge on any atom is -0.481 e. The lowest BCUT2D eigenvalue weighted by atomic mass is 9.94. The molecule has 0 bridgehead atoms. The predicted octanol–water partition coefficient (Wildman–Crippen LogP) is 1.29. The average Bonchev–Trinajstić information content (AvgIpc) is 2.32. The standard InChI is InChI=1S/C12H21N3O3/c1-5-15(7-9(2)6-13)11(18)14-8-12(3,4)10(16)17/h9H,5,7-8H2,1-4H3,(H,14,18)(H,16,17). The van der Waals surface area contributed by atoms with Gasteiger partial charge in [0.1, 0.15) is 0 Å². The fraction of sp³-hybridized carbons (Fsp3) is 0.750. The van der Waals surface area contributed by atoms with E-state index in [2.05, 4.69) is 11.4 Å². The lowest BCUT2D eigenvalue weighted by molar-refractivity contribution is -0.146. The molecule has 6 nitrogen and oxygen atoms in total. The van der Waals surface area contributed by atoms with E-state index in [0.717, 1.165) is 0 Å². The van der Waals surface area contributed by atoms with Crippen LogP contribution in [-0.4, -0.2) is 41.6 Å². The van der Waals surface area contributed by atoms with Gasteiger partial charge in [-0.2, -0.15) is 5.26 Å². The summed E-state index contributed by atoms with van der Waals surface area (Å²) in [5, 5.41) is 20.2. The molecule has 0 saturated heterocycles. The smallest absolute Gasteiger partial charge is 0.317 e. The minimum atomic E-state index is -1.00. The third-order valence-corrected chi connectivity index (χ3v) is 2.64. The maximum atomic E-state index is 11.8. The normalized spacial score (nSPS) is 12.4. The summed E-state index contributed by atoms with van der Waals surface area (Å²) in [5.74, 6) is -1.21. The number of carboxylic acids is 1. The number of aliphatic carboxylic acids is 1. The highest BCUT2D eigenvalue weighted by Gasteiger charge is 2.28. The number of urea groups is 1. The number of amides is 2. The molecule has 0 aliphatic carbocycles. The van der Waals surface area contributed by atoms with Crippen LogP contribution in [0.25, 0.3) is 0 Å². The summed E-state index contributed by atoms with van der Waals surface area (Å²) in [4.78, 5) is 24.2. The van der Waals surface area contributed by atoms with E-state index in [4.69, 9.17) is 10.4 Å². The minimum absolute atomic E-state index is 0.0542. The summed E-state index contributed by atoms with van der Waals surface area (Å²) in [5.41, 5.74) is -1.00. The van der Waals surface area contributed by atoms with Crippen LogP contribution in [0.2, 0.25) is 0 Å². The van der Waals surface area contributed by atoms with Crippen molar-refractivity contribution in [2.24, 2.45) is 11.3 Å². The van der Waals surface area contributed by atoms with Gasteiger partial charge in [0, 0.05) is 19.6 Å². The molecule has 18 heavy (non-hydrogen) atoms. The van der Waals surface area contributed by atoms with E-state index < -0.39 is 11.4 Å². The van der Waals surface area contributed by atoms with E-state index in [1.54, 1.807) is 20.8 Å². The van der Waals surface area contributed by atoms with Crippen LogP contribution in [0, 0.1) is 22.7 Å². The van der Waals surface area contributed by atoms with Gasteiger partial charge in [0.25, 0.3) is 0 Å².